The normalized spacial score (nSPS) is 9.00. The first kappa shape index (κ1) is 14.3. The van der Waals surface area contributed by atoms with Crippen LogP contribution in [0.15, 0.2) is 29.2 Å². The molecule has 0 aliphatic heterocycles. The van der Waals surface area contributed by atoms with Crippen molar-refractivity contribution < 1.29 is 9.53 Å². The molecule has 0 atom stereocenters. The first-order chi connectivity index (χ1) is 6.26. The van der Waals surface area contributed by atoms with Crippen molar-refractivity contribution >= 4 is 57.2 Å². The number of carbonyl (C=O) groups excluding carboxylic acids is 1. The molecular formula is C9H9ClNaO2S. The van der Waals surface area contributed by atoms with Gasteiger partial charge in [-0.15, -0.1) is 0 Å². The summed E-state index contributed by atoms with van der Waals surface area (Å²) < 4.78 is 4.97. The molecule has 0 fully saturated rings. The maximum absolute atomic E-state index is 10.9. The molecule has 1 aromatic rings. The number of halogens is 1. The molecule has 1 aromatic carbocycles. The van der Waals surface area contributed by atoms with Gasteiger partial charge in [0.2, 0.25) is 0 Å². The van der Waals surface area contributed by atoms with Crippen molar-refractivity contribution in [2.45, 2.75) is 18.2 Å². The van der Waals surface area contributed by atoms with Crippen LogP contribution in [0.25, 0.3) is 0 Å². The van der Waals surface area contributed by atoms with Crippen LogP contribution in [0, 0.1) is 0 Å². The van der Waals surface area contributed by atoms with E-state index in [4.69, 9.17) is 15.4 Å². The monoisotopic (exact) mass is 239 g/mol. The van der Waals surface area contributed by atoms with Gasteiger partial charge in [-0.1, -0.05) is 6.92 Å². The van der Waals surface area contributed by atoms with Crippen molar-refractivity contribution in [2.24, 2.45) is 0 Å². The summed E-state index contributed by atoms with van der Waals surface area (Å²) in [4.78, 5) is 11.8. The van der Waals surface area contributed by atoms with Crippen molar-refractivity contribution in [1.29, 1.82) is 0 Å². The summed E-state index contributed by atoms with van der Waals surface area (Å²) in [6.45, 7) is 1.76. The SMILES string of the molecule is CCC(=O)Oc1ccc(SCl)cc1.[Na]. The molecule has 14 heavy (non-hydrogen) atoms. The van der Waals surface area contributed by atoms with Crippen molar-refractivity contribution in [2.75, 3.05) is 0 Å². The summed E-state index contributed by atoms with van der Waals surface area (Å²) in [5, 5.41) is 0. The van der Waals surface area contributed by atoms with E-state index < -0.39 is 0 Å². The first-order valence-corrected chi connectivity index (χ1v) is 5.50. The average molecular weight is 240 g/mol. The molecule has 0 N–H and O–H groups in total. The Balaban J connectivity index is 0.00000169. The van der Waals surface area contributed by atoms with Crippen molar-refractivity contribution in [3.8, 4) is 5.75 Å². The van der Waals surface area contributed by atoms with Crippen LogP contribution in [-0.2, 0) is 4.79 Å². The minimum absolute atomic E-state index is 0. The van der Waals surface area contributed by atoms with Gasteiger partial charge < -0.3 is 4.74 Å². The van der Waals surface area contributed by atoms with Gasteiger partial charge in [-0.3, -0.25) is 4.79 Å². The van der Waals surface area contributed by atoms with E-state index in [2.05, 4.69) is 0 Å². The van der Waals surface area contributed by atoms with Gasteiger partial charge in [0.15, 0.2) is 0 Å². The van der Waals surface area contributed by atoms with Gasteiger partial charge in [-0.25, -0.2) is 0 Å². The Morgan fingerprint density at radius 2 is 2.00 bits per heavy atom. The molecule has 1 rings (SSSR count). The molecule has 0 saturated carbocycles. The van der Waals surface area contributed by atoms with Crippen molar-refractivity contribution in [3.05, 3.63) is 24.3 Å². The van der Waals surface area contributed by atoms with Gasteiger partial charge in [-0.05, 0) is 45.9 Å². The second-order valence-electron chi connectivity index (χ2n) is 2.38. The Bertz CT molecular complexity index is 289. The fourth-order valence-corrected chi connectivity index (χ4v) is 1.31. The summed E-state index contributed by atoms with van der Waals surface area (Å²) in [6, 6.07) is 7.04. The largest absolute Gasteiger partial charge is 0.427 e. The van der Waals surface area contributed by atoms with Crippen LogP contribution in [0.2, 0.25) is 0 Å². The van der Waals surface area contributed by atoms with E-state index in [-0.39, 0.29) is 35.5 Å². The summed E-state index contributed by atoms with van der Waals surface area (Å²) >= 11 is 0. The van der Waals surface area contributed by atoms with E-state index in [0.29, 0.717) is 12.2 Å². The van der Waals surface area contributed by atoms with Crippen LogP contribution in [0.3, 0.4) is 0 Å². The van der Waals surface area contributed by atoms with Gasteiger partial charge in [-0.2, -0.15) is 0 Å². The molecule has 0 aliphatic carbocycles. The number of hydrogen-bond acceptors (Lipinski definition) is 3. The van der Waals surface area contributed by atoms with Crippen LogP contribution in [0.4, 0.5) is 0 Å². The standard InChI is InChI=1S/C9H9ClO2S.Na/c1-2-9(11)12-7-3-5-8(13-10)6-4-7;/h3-6H,2H2,1H3;. The maximum Gasteiger partial charge on any atom is 0.310 e. The molecule has 0 aromatic heterocycles. The molecule has 71 valence electrons. The fourth-order valence-electron chi connectivity index (χ4n) is 0.763. The number of rotatable bonds is 3. The smallest absolute Gasteiger partial charge is 0.310 e. The zero-order valence-corrected chi connectivity index (χ0v) is 11.7. The van der Waals surface area contributed by atoms with Crippen LogP contribution in [-0.4, -0.2) is 35.5 Å². The minimum atomic E-state index is -0.230. The molecule has 0 bridgehead atoms. The Labute approximate surface area is 114 Å². The Morgan fingerprint density at radius 1 is 1.43 bits per heavy atom. The number of benzene rings is 1. The number of carbonyl (C=O) groups is 1. The molecule has 5 heteroatoms. The van der Waals surface area contributed by atoms with Crippen molar-refractivity contribution in [1.82, 2.24) is 0 Å². The zero-order valence-electron chi connectivity index (χ0n) is 8.12. The molecular weight excluding hydrogens is 231 g/mol. The summed E-state index contributed by atoms with van der Waals surface area (Å²) in [5.74, 6) is 0.326. The predicted molar refractivity (Wildman–Crippen MR) is 59.8 cm³/mol. The average Bonchev–Trinajstić information content (AvgIpc) is 2.19. The number of esters is 1. The molecule has 2 nitrogen and oxygen atoms in total. The van der Waals surface area contributed by atoms with Crippen LogP contribution in [0.5, 0.6) is 5.75 Å². The van der Waals surface area contributed by atoms with Gasteiger partial charge in [0, 0.05) is 40.9 Å². The molecule has 0 unspecified atom stereocenters. The molecule has 0 heterocycles. The Hall–Kier alpha value is 0.330. The second kappa shape index (κ2) is 7.60. The van der Waals surface area contributed by atoms with Gasteiger partial charge in [0.25, 0.3) is 0 Å². The van der Waals surface area contributed by atoms with E-state index in [1.165, 1.54) is 0 Å². The number of ether oxygens (including phenoxy) is 1. The van der Waals surface area contributed by atoms with E-state index >= 15 is 0 Å². The predicted octanol–water partition coefficient (Wildman–Crippen LogP) is 2.87. The van der Waals surface area contributed by atoms with E-state index in [1.54, 1.807) is 31.2 Å². The second-order valence-corrected chi connectivity index (χ2v) is 3.46. The van der Waals surface area contributed by atoms with E-state index in [1.807, 2.05) is 0 Å². The third-order valence-electron chi connectivity index (χ3n) is 1.43. The van der Waals surface area contributed by atoms with Crippen LogP contribution in [0.1, 0.15) is 13.3 Å². The van der Waals surface area contributed by atoms with Crippen LogP contribution >= 0.6 is 21.7 Å². The van der Waals surface area contributed by atoms with Crippen LogP contribution < -0.4 is 4.74 Å². The molecule has 0 spiro atoms. The van der Waals surface area contributed by atoms with E-state index in [0.717, 1.165) is 15.9 Å². The quantitative estimate of drug-likeness (QED) is 0.461. The topological polar surface area (TPSA) is 26.3 Å². The molecule has 0 saturated heterocycles. The van der Waals surface area contributed by atoms with Gasteiger partial charge in [0.05, 0.1) is 0 Å². The van der Waals surface area contributed by atoms with E-state index in [9.17, 15) is 4.79 Å². The Kier molecular flexibility index (Phi) is 7.78. The fraction of sp³-hybridized carbons (Fsp3) is 0.222. The van der Waals surface area contributed by atoms with Gasteiger partial charge >= 0.3 is 5.97 Å². The maximum atomic E-state index is 10.9. The summed E-state index contributed by atoms with van der Waals surface area (Å²) in [5.41, 5.74) is 0. The third kappa shape index (κ3) is 4.71. The van der Waals surface area contributed by atoms with Gasteiger partial charge in [0.1, 0.15) is 5.75 Å². The van der Waals surface area contributed by atoms with Crippen molar-refractivity contribution in [3.63, 3.8) is 0 Å². The Morgan fingerprint density at radius 3 is 2.43 bits per heavy atom. The minimum Gasteiger partial charge on any atom is -0.427 e. The third-order valence-corrected chi connectivity index (χ3v) is 2.42. The summed E-state index contributed by atoms with van der Waals surface area (Å²) in [6.07, 6.45) is 0.381. The molecule has 0 aliphatic rings. The molecule has 0 amide bonds. The summed E-state index contributed by atoms with van der Waals surface area (Å²) in [7, 11) is 6.66. The number of hydrogen-bond donors (Lipinski definition) is 0. The zero-order chi connectivity index (χ0) is 9.68. The molecule has 1 radical (unpaired) electrons. The first-order valence-electron chi connectivity index (χ1n) is 3.85.